The fourth-order valence-corrected chi connectivity index (χ4v) is 2.26. The summed E-state index contributed by atoms with van der Waals surface area (Å²) in [6.45, 7) is 0. The summed E-state index contributed by atoms with van der Waals surface area (Å²) in [4.78, 5) is 25.8. The Morgan fingerprint density at radius 1 is 1.43 bits per heavy atom. The van der Waals surface area contributed by atoms with Crippen molar-refractivity contribution >= 4 is 11.7 Å². The van der Waals surface area contributed by atoms with Crippen molar-refractivity contribution in [2.75, 3.05) is 7.05 Å². The molecule has 0 aliphatic heterocycles. The number of nitrogens with zero attached hydrogens (tertiary/aromatic N) is 3. The van der Waals surface area contributed by atoms with Crippen molar-refractivity contribution in [3.63, 3.8) is 0 Å². The SMILES string of the molecule is CNC(=O)c1cc(C2CC2)cc(-n2cnc([N+](=O)[O-])c2)c1. The van der Waals surface area contributed by atoms with Crippen LogP contribution in [0, 0.1) is 10.1 Å². The van der Waals surface area contributed by atoms with Crippen LogP contribution in [0.3, 0.4) is 0 Å². The molecule has 108 valence electrons. The van der Waals surface area contributed by atoms with Crippen LogP contribution in [0.15, 0.2) is 30.7 Å². The molecule has 7 nitrogen and oxygen atoms in total. The van der Waals surface area contributed by atoms with E-state index < -0.39 is 4.92 Å². The maximum absolute atomic E-state index is 11.9. The van der Waals surface area contributed by atoms with E-state index in [1.807, 2.05) is 12.1 Å². The second-order valence-electron chi connectivity index (χ2n) is 5.06. The van der Waals surface area contributed by atoms with Crippen molar-refractivity contribution in [2.45, 2.75) is 18.8 Å². The molecule has 0 spiro atoms. The van der Waals surface area contributed by atoms with Gasteiger partial charge in [0.2, 0.25) is 6.33 Å². The number of amides is 1. The van der Waals surface area contributed by atoms with E-state index in [0.29, 0.717) is 17.2 Å². The summed E-state index contributed by atoms with van der Waals surface area (Å²) >= 11 is 0. The topological polar surface area (TPSA) is 90.1 Å². The van der Waals surface area contributed by atoms with E-state index in [2.05, 4.69) is 10.3 Å². The third-order valence-electron chi connectivity index (χ3n) is 3.53. The fraction of sp³-hybridized carbons (Fsp3) is 0.286. The molecule has 1 fully saturated rings. The van der Waals surface area contributed by atoms with Crippen LogP contribution in [-0.2, 0) is 0 Å². The molecule has 0 saturated heterocycles. The van der Waals surface area contributed by atoms with Gasteiger partial charge in [0.15, 0.2) is 0 Å². The fourth-order valence-electron chi connectivity index (χ4n) is 2.26. The molecular formula is C14H14N4O3. The monoisotopic (exact) mass is 286 g/mol. The van der Waals surface area contributed by atoms with Crippen LogP contribution in [0.1, 0.15) is 34.7 Å². The van der Waals surface area contributed by atoms with Crippen molar-refractivity contribution in [1.82, 2.24) is 14.9 Å². The summed E-state index contributed by atoms with van der Waals surface area (Å²) in [5, 5.41) is 13.3. The van der Waals surface area contributed by atoms with Gasteiger partial charge >= 0.3 is 5.82 Å². The van der Waals surface area contributed by atoms with Gasteiger partial charge in [0, 0.05) is 18.3 Å². The van der Waals surface area contributed by atoms with Gasteiger partial charge in [0.25, 0.3) is 5.91 Å². The lowest BCUT2D eigenvalue weighted by Gasteiger charge is -2.08. The zero-order valence-electron chi connectivity index (χ0n) is 11.4. The molecule has 1 N–H and O–H groups in total. The lowest BCUT2D eigenvalue weighted by atomic mass is 10.0. The number of nitro groups is 1. The average Bonchev–Trinajstić information content (AvgIpc) is 3.22. The molecule has 3 rings (SSSR count). The molecule has 2 aromatic rings. The highest BCUT2D eigenvalue weighted by molar-refractivity contribution is 5.94. The number of nitrogens with one attached hydrogen (secondary N) is 1. The minimum Gasteiger partial charge on any atom is -0.358 e. The molecule has 7 heteroatoms. The van der Waals surface area contributed by atoms with Gasteiger partial charge in [0.1, 0.15) is 6.20 Å². The van der Waals surface area contributed by atoms with Crippen LogP contribution < -0.4 is 5.32 Å². The number of carbonyl (C=O) groups is 1. The number of hydrogen-bond donors (Lipinski definition) is 1. The summed E-state index contributed by atoms with van der Waals surface area (Å²) in [5.74, 6) is 0.0912. The van der Waals surface area contributed by atoms with E-state index in [1.54, 1.807) is 17.7 Å². The molecule has 1 aromatic heterocycles. The van der Waals surface area contributed by atoms with E-state index in [4.69, 9.17) is 0 Å². The molecule has 1 heterocycles. The van der Waals surface area contributed by atoms with Gasteiger partial charge in [0.05, 0.1) is 0 Å². The van der Waals surface area contributed by atoms with Crippen LogP contribution in [0.5, 0.6) is 0 Å². The van der Waals surface area contributed by atoms with Gasteiger partial charge in [-0.3, -0.25) is 9.36 Å². The molecule has 21 heavy (non-hydrogen) atoms. The third-order valence-corrected chi connectivity index (χ3v) is 3.53. The predicted molar refractivity (Wildman–Crippen MR) is 75.6 cm³/mol. The Labute approximate surface area is 120 Å². The zero-order chi connectivity index (χ0) is 15.0. The maximum Gasteiger partial charge on any atom is 0.381 e. The Morgan fingerprint density at radius 2 is 2.19 bits per heavy atom. The number of aromatic nitrogens is 2. The summed E-state index contributed by atoms with van der Waals surface area (Å²) in [5.41, 5.74) is 2.34. The number of imidazole rings is 1. The van der Waals surface area contributed by atoms with Crippen molar-refractivity contribution < 1.29 is 9.72 Å². The van der Waals surface area contributed by atoms with E-state index in [0.717, 1.165) is 18.4 Å². The van der Waals surface area contributed by atoms with Crippen LogP contribution in [-0.4, -0.2) is 27.4 Å². The molecule has 1 amide bonds. The predicted octanol–water partition coefficient (Wildman–Crippen LogP) is 2.02. The van der Waals surface area contributed by atoms with E-state index in [9.17, 15) is 14.9 Å². The molecule has 0 unspecified atom stereocenters. The van der Waals surface area contributed by atoms with Gasteiger partial charge in [-0.1, -0.05) is 0 Å². The highest BCUT2D eigenvalue weighted by Crippen LogP contribution is 2.41. The highest BCUT2D eigenvalue weighted by Gasteiger charge is 2.25. The van der Waals surface area contributed by atoms with E-state index in [1.165, 1.54) is 12.5 Å². The van der Waals surface area contributed by atoms with Crippen LogP contribution in [0.4, 0.5) is 5.82 Å². The van der Waals surface area contributed by atoms with Gasteiger partial charge in [-0.05, 0) is 52.4 Å². The summed E-state index contributed by atoms with van der Waals surface area (Å²) in [6, 6.07) is 5.54. The van der Waals surface area contributed by atoms with Gasteiger partial charge in [-0.25, -0.2) is 0 Å². The Bertz CT molecular complexity index is 719. The first-order valence-corrected chi connectivity index (χ1v) is 6.64. The smallest absolute Gasteiger partial charge is 0.358 e. The lowest BCUT2D eigenvalue weighted by molar-refractivity contribution is -0.389. The van der Waals surface area contributed by atoms with Crippen LogP contribution >= 0.6 is 0 Å². The lowest BCUT2D eigenvalue weighted by Crippen LogP contribution is -2.18. The first-order valence-electron chi connectivity index (χ1n) is 6.64. The van der Waals surface area contributed by atoms with Crippen molar-refractivity contribution in [3.05, 3.63) is 52.0 Å². The van der Waals surface area contributed by atoms with Gasteiger partial charge < -0.3 is 15.4 Å². The van der Waals surface area contributed by atoms with Crippen molar-refractivity contribution in [3.8, 4) is 5.69 Å². The maximum atomic E-state index is 11.9. The molecule has 0 bridgehead atoms. The van der Waals surface area contributed by atoms with Gasteiger partial charge in [-0.15, -0.1) is 0 Å². The molecule has 1 aliphatic carbocycles. The number of benzene rings is 1. The molecule has 1 aliphatic rings. The number of hydrogen-bond acceptors (Lipinski definition) is 4. The Hall–Kier alpha value is -2.70. The largest absolute Gasteiger partial charge is 0.381 e. The molecule has 0 atom stereocenters. The molecule has 0 radical (unpaired) electrons. The minimum atomic E-state index is -0.541. The van der Waals surface area contributed by atoms with Crippen molar-refractivity contribution in [1.29, 1.82) is 0 Å². The Balaban J connectivity index is 2.05. The zero-order valence-corrected chi connectivity index (χ0v) is 11.4. The first kappa shape index (κ1) is 13.3. The third kappa shape index (κ3) is 2.62. The first-order chi connectivity index (χ1) is 10.1. The highest BCUT2D eigenvalue weighted by atomic mass is 16.6. The normalized spacial score (nSPS) is 14.0. The molecule has 1 saturated carbocycles. The van der Waals surface area contributed by atoms with E-state index >= 15 is 0 Å². The summed E-state index contributed by atoms with van der Waals surface area (Å²) in [7, 11) is 1.58. The average molecular weight is 286 g/mol. The second kappa shape index (κ2) is 5.01. The quantitative estimate of drug-likeness (QED) is 0.687. The van der Waals surface area contributed by atoms with Crippen LogP contribution in [0.2, 0.25) is 0 Å². The van der Waals surface area contributed by atoms with E-state index in [-0.39, 0.29) is 11.7 Å². The standard InChI is InChI=1S/C14H14N4O3/c1-15-14(19)11-4-10(9-2-3-9)5-12(6-11)17-7-13(16-8-17)18(20)21/h4-9H,2-3H2,1H3,(H,15,19). The summed E-state index contributed by atoms with van der Waals surface area (Å²) < 4.78 is 1.57. The Morgan fingerprint density at radius 3 is 2.76 bits per heavy atom. The molecular weight excluding hydrogens is 272 g/mol. The van der Waals surface area contributed by atoms with Gasteiger partial charge in [-0.2, -0.15) is 0 Å². The van der Waals surface area contributed by atoms with Crippen LogP contribution in [0.25, 0.3) is 5.69 Å². The molecule has 1 aromatic carbocycles. The second-order valence-corrected chi connectivity index (χ2v) is 5.06. The Kier molecular flexibility index (Phi) is 3.17. The van der Waals surface area contributed by atoms with Crippen molar-refractivity contribution in [2.24, 2.45) is 0 Å². The number of carbonyl (C=O) groups excluding carboxylic acids is 1. The number of rotatable bonds is 4. The minimum absolute atomic E-state index is 0.173. The summed E-state index contributed by atoms with van der Waals surface area (Å²) in [6.07, 6.45) is 4.96.